The Morgan fingerprint density at radius 3 is 2.48 bits per heavy atom. The van der Waals surface area contributed by atoms with E-state index in [-0.39, 0.29) is 64.4 Å². The van der Waals surface area contributed by atoms with Gasteiger partial charge in [0.1, 0.15) is 29.1 Å². The number of sulfonamides is 1. The van der Waals surface area contributed by atoms with Crippen molar-refractivity contribution in [2.75, 3.05) is 37.6 Å². The highest BCUT2D eigenvalue weighted by molar-refractivity contribution is 8.00. The molecule has 13 heteroatoms. The van der Waals surface area contributed by atoms with Gasteiger partial charge in [0.2, 0.25) is 5.91 Å². The van der Waals surface area contributed by atoms with Crippen molar-refractivity contribution >= 4 is 45.3 Å². The fraction of sp³-hybridized carbons (Fsp3) is 0.276. The minimum atomic E-state index is -4.37. The van der Waals surface area contributed by atoms with Crippen molar-refractivity contribution in [1.82, 2.24) is 4.72 Å². The SMILES string of the molecule is CCOC(=O)c1ccc(S(=O)(=O)NC(=O)c2ccc(N3C(=O)CSC3c3ccc(F)cc3)c(C)c2)cc1OCCOC. The highest BCUT2D eigenvalue weighted by Crippen LogP contribution is 2.43. The van der Waals surface area contributed by atoms with Crippen molar-refractivity contribution in [3.63, 3.8) is 0 Å². The molecule has 3 aromatic carbocycles. The lowest BCUT2D eigenvalue weighted by atomic mass is 10.1. The number of nitrogens with zero attached hydrogens (tertiary/aromatic N) is 1. The van der Waals surface area contributed by atoms with Gasteiger partial charge in [-0.2, -0.15) is 0 Å². The Balaban J connectivity index is 1.56. The highest BCUT2D eigenvalue weighted by atomic mass is 32.2. The maximum Gasteiger partial charge on any atom is 0.341 e. The number of nitrogens with one attached hydrogen (secondary N) is 1. The number of rotatable bonds is 11. The lowest BCUT2D eigenvalue weighted by molar-refractivity contribution is -0.115. The van der Waals surface area contributed by atoms with Gasteiger partial charge in [0, 0.05) is 24.4 Å². The van der Waals surface area contributed by atoms with E-state index in [0.29, 0.717) is 11.3 Å². The van der Waals surface area contributed by atoms with Crippen LogP contribution in [0.2, 0.25) is 0 Å². The number of anilines is 1. The van der Waals surface area contributed by atoms with Crippen LogP contribution in [0.15, 0.2) is 65.6 Å². The average Bonchev–Trinajstić information content (AvgIpc) is 3.34. The van der Waals surface area contributed by atoms with Crippen molar-refractivity contribution in [2.45, 2.75) is 24.1 Å². The summed E-state index contributed by atoms with van der Waals surface area (Å²) in [5, 5.41) is -0.380. The Hall–Kier alpha value is -3.94. The van der Waals surface area contributed by atoms with Gasteiger partial charge in [0.25, 0.3) is 15.9 Å². The molecular formula is C29H29FN2O8S2. The number of carbonyl (C=O) groups excluding carboxylic acids is 3. The zero-order valence-electron chi connectivity index (χ0n) is 23.1. The summed E-state index contributed by atoms with van der Waals surface area (Å²) < 4.78 is 57.2. The third-order valence-electron chi connectivity index (χ3n) is 6.27. The molecule has 1 saturated heterocycles. The van der Waals surface area contributed by atoms with Gasteiger partial charge in [0.15, 0.2) is 0 Å². The van der Waals surface area contributed by atoms with Gasteiger partial charge in [-0.25, -0.2) is 22.3 Å². The summed E-state index contributed by atoms with van der Waals surface area (Å²) >= 11 is 1.40. The van der Waals surface area contributed by atoms with Crippen LogP contribution in [0.1, 0.15) is 44.1 Å². The summed E-state index contributed by atoms with van der Waals surface area (Å²) in [7, 11) is -2.91. The number of halogens is 1. The molecule has 1 aliphatic rings. The summed E-state index contributed by atoms with van der Waals surface area (Å²) in [5.74, 6) is -1.92. The number of benzene rings is 3. The van der Waals surface area contributed by atoms with Gasteiger partial charge in [-0.1, -0.05) is 12.1 Å². The number of carbonyl (C=O) groups is 3. The van der Waals surface area contributed by atoms with Crippen molar-refractivity contribution in [2.24, 2.45) is 0 Å². The molecule has 2 amide bonds. The van der Waals surface area contributed by atoms with E-state index < -0.39 is 21.9 Å². The Labute approximate surface area is 247 Å². The molecular weight excluding hydrogens is 587 g/mol. The lowest BCUT2D eigenvalue weighted by Gasteiger charge is -2.26. The number of hydrogen-bond donors (Lipinski definition) is 1. The first-order chi connectivity index (χ1) is 20.1. The molecule has 222 valence electrons. The smallest absolute Gasteiger partial charge is 0.341 e. The van der Waals surface area contributed by atoms with Crippen LogP contribution in [0.25, 0.3) is 0 Å². The molecule has 1 N–H and O–H groups in total. The summed E-state index contributed by atoms with van der Waals surface area (Å²) in [4.78, 5) is 39.4. The predicted octanol–water partition coefficient (Wildman–Crippen LogP) is 4.23. The second-order valence-corrected chi connectivity index (χ2v) is 11.9. The van der Waals surface area contributed by atoms with Gasteiger partial charge in [-0.05, 0) is 67.4 Å². The predicted molar refractivity (Wildman–Crippen MR) is 155 cm³/mol. The lowest BCUT2D eigenvalue weighted by Crippen LogP contribution is -2.31. The normalized spacial score (nSPS) is 15.0. The third-order valence-corrected chi connectivity index (χ3v) is 8.81. The maximum atomic E-state index is 13.4. The molecule has 42 heavy (non-hydrogen) atoms. The van der Waals surface area contributed by atoms with E-state index in [1.54, 1.807) is 36.9 Å². The molecule has 0 saturated carbocycles. The maximum absolute atomic E-state index is 13.4. The summed E-state index contributed by atoms with van der Waals surface area (Å²) in [5.41, 5.74) is 1.94. The largest absolute Gasteiger partial charge is 0.490 e. The minimum Gasteiger partial charge on any atom is -0.490 e. The van der Waals surface area contributed by atoms with Crippen molar-refractivity contribution in [1.29, 1.82) is 0 Å². The quantitative estimate of drug-likeness (QED) is 0.249. The van der Waals surface area contributed by atoms with Gasteiger partial charge < -0.3 is 14.2 Å². The second-order valence-electron chi connectivity index (χ2n) is 9.13. The zero-order valence-corrected chi connectivity index (χ0v) is 24.7. The van der Waals surface area contributed by atoms with Crippen LogP contribution in [0.4, 0.5) is 10.1 Å². The molecule has 1 aliphatic heterocycles. The Morgan fingerprint density at radius 1 is 1.07 bits per heavy atom. The van der Waals surface area contributed by atoms with Crippen LogP contribution >= 0.6 is 11.8 Å². The molecule has 0 radical (unpaired) electrons. The van der Waals surface area contributed by atoms with Crippen molar-refractivity contribution < 1.29 is 41.4 Å². The van der Waals surface area contributed by atoms with E-state index in [2.05, 4.69) is 0 Å². The monoisotopic (exact) mass is 616 g/mol. The second kappa shape index (κ2) is 13.4. The van der Waals surface area contributed by atoms with Crippen LogP contribution in [0.5, 0.6) is 5.75 Å². The van der Waals surface area contributed by atoms with Gasteiger partial charge >= 0.3 is 5.97 Å². The number of thioether (sulfide) groups is 1. The number of aryl methyl sites for hydroxylation is 1. The molecule has 0 aliphatic carbocycles. The molecule has 10 nitrogen and oxygen atoms in total. The number of amides is 2. The number of methoxy groups -OCH3 is 1. The van der Waals surface area contributed by atoms with Crippen LogP contribution in [-0.4, -0.2) is 58.9 Å². The summed E-state index contributed by atoms with van der Waals surface area (Å²) in [6, 6.07) is 13.9. The third kappa shape index (κ3) is 6.92. The number of ether oxygens (including phenoxy) is 3. The first kappa shape index (κ1) is 31.0. The molecule has 1 atom stereocenters. The van der Waals surface area contributed by atoms with E-state index >= 15 is 0 Å². The van der Waals surface area contributed by atoms with E-state index in [9.17, 15) is 27.2 Å². The number of hydrogen-bond acceptors (Lipinski definition) is 9. The molecule has 4 rings (SSSR count). The zero-order chi connectivity index (χ0) is 30.4. The summed E-state index contributed by atoms with van der Waals surface area (Å²) in [6.07, 6.45) is 0. The molecule has 0 aromatic heterocycles. The average molecular weight is 617 g/mol. The standard InChI is InChI=1S/C29H29FN2O8S2/c1-4-39-29(35)23-11-10-22(16-25(23)40-14-13-38-3)42(36,37)31-27(34)20-7-12-24(18(2)15-20)32-26(33)17-41-28(32)19-5-8-21(30)9-6-19/h5-12,15-16,28H,4,13-14,17H2,1-3H3,(H,31,34). The molecule has 0 spiro atoms. The number of esters is 1. The molecule has 1 unspecified atom stereocenters. The molecule has 1 heterocycles. The van der Waals surface area contributed by atoms with Crippen LogP contribution < -0.4 is 14.4 Å². The van der Waals surface area contributed by atoms with E-state index in [1.165, 1.54) is 55.3 Å². The van der Waals surface area contributed by atoms with E-state index in [4.69, 9.17) is 14.2 Å². The van der Waals surface area contributed by atoms with Gasteiger partial charge in [0.05, 0.1) is 23.9 Å². The topological polar surface area (TPSA) is 128 Å². The first-order valence-corrected chi connectivity index (χ1v) is 15.4. The Kier molecular flexibility index (Phi) is 9.86. The molecule has 0 bridgehead atoms. The first-order valence-electron chi connectivity index (χ1n) is 12.9. The van der Waals surface area contributed by atoms with Crippen LogP contribution in [0.3, 0.4) is 0 Å². The van der Waals surface area contributed by atoms with Gasteiger partial charge in [-0.3, -0.25) is 14.5 Å². The van der Waals surface area contributed by atoms with Crippen LogP contribution in [0, 0.1) is 12.7 Å². The minimum absolute atomic E-state index is 0.0259. The fourth-order valence-corrected chi connectivity index (χ4v) is 6.43. The Morgan fingerprint density at radius 2 is 1.81 bits per heavy atom. The van der Waals surface area contributed by atoms with E-state index in [0.717, 1.165) is 11.6 Å². The molecule has 3 aromatic rings. The van der Waals surface area contributed by atoms with Gasteiger partial charge in [-0.15, -0.1) is 11.8 Å². The molecule has 1 fully saturated rings. The van der Waals surface area contributed by atoms with Crippen molar-refractivity contribution in [3.05, 3.63) is 88.7 Å². The Bertz CT molecular complexity index is 1600. The summed E-state index contributed by atoms with van der Waals surface area (Å²) in [6.45, 7) is 3.69. The van der Waals surface area contributed by atoms with Crippen LogP contribution in [-0.2, 0) is 24.3 Å². The van der Waals surface area contributed by atoms with E-state index in [1.807, 2.05) is 4.72 Å². The highest BCUT2D eigenvalue weighted by Gasteiger charge is 2.35. The fourth-order valence-electron chi connectivity index (χ4n) is 4.27. The van der Waals surface area contributed by atoms with Crippen molar-refractivity contribution in [3.8, 4) is 5.75 Å².